The van der Waals surface area contributed by atoms with Gasteiger partial charge in [-0.1, -0.05) is 34.1 Å². The first-order chi connectivity index (χ1) is 14.9. The van der Waals surface area contributed by atoms with Crippen LogP contribution >= 0.6 is 15.9 Å². The zero-order chi connectivity index (χ0) is 22.2. The van der Waals surface area contributed by atoms with Crippen LogP contribution in [0.15, 0.2) is 71.3 Å². The van der Waals surface area contributed by atoms with Gasteiger partial charge in [-0.15, -0.1) is 0 Å². The van der Waals surface area contributed by atoms with Gasteiger partial charge in [-0.25, -0.2) is 4.98 Å². The van der Waals surface area contributed by atoms with Gasteiger partial charge in [0.2, 0.25) is 11.8 Å². The summed E-state index contributed by atoms with van der Waals surface area (Å²) in [4.78, 5) is 40.0. The molecule has 0 atom stereocenters. The number of primary amides is 1. The molecule has 158 valence electrons. The van der Waals surface area contributed by atoms with Crippen LogP contribution in [0.3, 0.4) is 0 Å². The lowest BCUT2D eigenvalue weighted by atomic mass is 10.1. The van der Waals surface area contributed by atoms with Crippen molar-refractivity contribution in [2.45, 2.75) is 6.42 Å². The molecule has 0 aliphatic heterocycles. The standard InChI is InChI=1S/C22H19BrN4O4/c23-15-4-3-5-16(12-15)31-20-9-8-14(13-26-20)21(29)27-18-7-2-1-6-17(18)22(30)25-11-10-19(24)28/h1-9,12-13H,10-11H2,(H2,24,28)(H,25,30)(H,27,29). The Balaban J connectivity index is 1.66. The Bertz CT molecular complexity index is 1100. The summed E-state index contributed by atoms with van der Waals surface area (Å²) in [6.45, 7) is 0.111. The number of para-hydroxylation sites is 1. The number of benzene rings is 2. The van der Waals surface area contributed by atoms with Crippen molar-refractivity contribution in [2.75, 3.05) is 11.9 Å². The molecule has 0 aliphatic rings. The number of aromatic nitrogens is 1. The summed E-state index contributed by atoms with van der Waals surface area (Å²) in [5.74, 6) is -0.423. The third-order valence-corrected chi connectivity index (χ3v) is 4.59. The van der Waals surface area contributed by atoms with Gasteiger partial charge in [0.15, 0.2) is 0 Å². The quantitative estimate of drug-likeness (QED) is 0.453. The molecule has 0 radical (unpaired) electrons. The van der Waals surface area contributed by atoms with Gasteiger partial charge in [-0.05, 0) is 36.4 Å². The molecule has 3 rings (SSSR count). The normalized spacial score (nSPS) is 10.2. The monoisotopic (exact) mass is 482 g/mol. The zero-order valence-corrected chi connectivity index (χ0v) is 17.9. The molecule has 0 unspecified atom stereocenters. The van der Waals surface area contributed by atoms with E-state index in [1.165, 1.54) is 6.20 Å². The Morgan fingerprint density at radius 2 is 1.81 bits per heavy atom. The van der Waals surface area contributed by atoms with Gasteiger partial charge in [-0.2, -0.15) is 0 Å². The lowest BCUT2D eigenvalue weighted by Crippen LogP contribution is -2.28. The summed E-state index contributed by atoms with van der Waals surface area (Å²) in [5.41, 5.74) is 5.97. The van der Waals surface area contributed by atoms with E-state index in [9.17, 15) is 14.4 Å². The number of amides is 3. The molecule has 0 saturated carbocycles. The van der Waals surface area contributed by atoms with E-state index >= 15 is 0 Å². The van der Waals surface area contributed by atoms with Crippen molar-refractivity contribution in [3.63, 3.8) is 0 Å². The molecule has 9 heteroatoms. The second-order valence-electron chi connectivity index (χ2n) is 6.42. The van der Waals surface area contributed by atoms with E-state index in [1.807, 2.05) is 12.1 Å². The number of ether oxygens (including phenoxy) is 1. The highest BCUT2D eigenvalue weighted by molar-refractivity contribution is 9.10. The van der Waals surface area contributed by atoms with Crippen molar-refractivity contribution in [1.82, 2.24) is 10.3 Å². The third-order valence-electron chi connectivity index (χ3n) is 4.09. The number of hydrogen-bond donors (Lipinski definition) is 3. The Hall–Kier alpha value is -3.72. The minimum absolute atomic E-state index is 0.0281. The number of pyridine rings is 1. The molecule has 8 nitrogen and oxygen atoms in total. The summed E-state index contributed by atoms with van der Waals surface area (Å²) in [5, 5.41) is 5.30. The molecule has 0 bridgehead atoms. The Labute approximate surface area is 186 Å². The molecule has 3 aromatic rings. The molecule has 0 saturated heterocycles. The minimum atomic E-state index is -0.512. The molecule has 0 fully saturated rings. The number of carbonyl (C=O) groups is 3. The average molecular weight is 483 g/mol. The first-order valence-corrected chi connectivity index (χ1v) is 10.1. The van der Waals surface area contributed by atoms with Gasteiger partial charge in [0.05, 0.1) is 16.8 Å². The van der Waals surface area contributed by atoms with Gasteiger partial charge < -0.3 is 21.1 Å². The number of halogens is 1. The minimum Gasteiger partial charge on any atom is -0.439 e. The van der Waals surface area contributed by atoms with Crippen molar-refractivity contribution in [3.05, 3.63) is 82.5 Å². The van der Waals surface area contributed by atoms with Crippen LogP contribution in [-0.2, 0) is 4.79 Å². The molecule has 31 heavy (non-hydrogen) atoms. The number of hydrogen-bond acceptors (Lipinski definition) is 5. The van der Waals surface area contributed by atoms with Crippen molar-refractivity contribution in [3.8, 4) is 11.6 Å². The number of carbonyl (C=O) groups excluding carboxylic acids is 3. The van der Waals surface area contributed by atoms with E-state index in [0.29, 0.717) is 22.9 Å². The van der Waals surface area contributed by atoms with Crippen LogP contribution in [0, 0.1) is 0 Å². The van der Waals surface area contributed by atoms with Gasteiger partial charge in [0, 0.05) is 29.7 Å². The molecule has 2 aromatic carbocycles. The summed E-state index contributed by atoms with van der Waals surface area (Å²) in [6, 6.07) is 17.0. The van der Waals surface area contributed by atoms with E-state index in [4.69, 9.17) is 10.5 Å². The molecule has 0 spiro atoms. The van der Waals surface area contributed by atoms with Crippen molar-refractivity contribution in [2.24, 2.45) is 5.73 Å². The smallest absolute Gasteiger partial charge is 0.257 e. The third kappa shape index (κ3) is 6.38. The lowest BCUT2D eigenvalue weighted by molar-refractivity contribution is -0.117. The fourth-order valence-corrected chi connectivity index (χ4v) is 2.98. The van der Waals surface area contributed by atoms with Crippen LogP contribution in [0.25, 0.3) is 0 Å². The highest BCUT2D eigenvalue weighted by Crippen LogP contribution is 2.23. The highest BCUT2D eigenvalue weighted by atomic mass is 79.9. The van der Waals surface area contributed by atoms with E-state index in [1.54, 1.807) is 48.5 Å². The van der Waals surface area contributed by atoms with Crippen LogP contribution in [0.2, 0.25) is 0 Å². The number of rotatable bonds is 8. The fraction of sp³-hybridized carbons (Fsp3) is 0.0909. The lowest BCUT2D eigenvalue weighted by Gasteiger charge is -2.11. The molecular formula is C22H19BrN4O4. The SMILES string of the molecule is NC(=O)CCNC(=O)c1ccccc1NC(=O)c1ccc(Oc2cccc(Br)c2)nc1. The maximum absolute atomic E-state index is 12.6. The summed E-state index contributed by atoms with van der Waals surface area (Å²) < 4.78 is 6.53. The second kappa shape index (κ2) is 10.4. The number of anilines is 1. The van der Waals surface area contributed by atoms with Crippen molar-refractivity contribution >= 4 is 39.3 Å². The summed E-state index contributed by atoms with van der Waals surface area (Å²) in [6.07, 6.45) is 1.42. The Morgan fingerprint density at radius 3 is 2.52 bits per heavy atom. The second-order valence-corrected chi connectivity index (χ2v) is 7.33. The summed E-state index contributed by atoms with van der Waals surface area (Å²) >= 11 is 3.37. The first-order valence-electron chi connectivity index (χ1n) is 9.29. The van der Waals surface area contributed by atoms with Gasteiger partial charge in [-0.3, -0.25) is 14.4 Å². The maximum atomic E-state index is 12.6. The van der Waals surface area contributed by atoms with Crippen LogP contribution in [0.4, 0.5) is 5.69 Å². The average Bonchev–Trinajstić information content (AvgIpc) is 2.74. The first kappa shape index (κ1) is 22.0. The Kier molecular flexibility index (Phi) is 7.34. The van der Waals surface area contributed by atoms with E-state index in [0.717, 1.165) is 4.47 Å². The zero-order valence-electron chi connectivity index (χ0n) is 16.3. The van der Waals surface area contributed by atoms with Crippen LogP contribution in [-0.4, -0.2) is 29.3 Å². The van der Waals surface area contributed by atoms with Gasteiger partial charge in [0.25, 0.3) is 11.8 Å². The molecule has 0 aliphatic carbocycles. The van der Waals surface area contributed by atoms with Crippen molar-refractivity contribution in [1.29, 1.82) is 0 Å². The van der Waals surface area contributed by atoms with Crippen LogP contribution < -0.4 is 21.1 Å². The highest BCUT2D eigenvalue weighted by Gasteiger charge is 2.14. The summed E-state index contributed by atoms with van der Waals surface area (Å²) in [7, 11) is 0. The molecule has 1 aromatic heterocycles. The number of nitrogens with two attached hydrogens (primary N) is 1. The fourth-order valence-electron chi connectivity index (χ4n) is 2.61. The van der Waals surface area contributed by atoms with E-state index in [-0.39, 0.29) is 18.5 Å². The molecular weight excluding hydrogens is 464 g/mol. The molecule has 1 heterocycles. The van der Waals surface area contributed by atoms with Crippen LogP contribution in [0.5, 0.6) is 11.6 Å². The van der Waals surface area contributed by atoms with Crippen LogP contribution in [0.1, 0.15) is 27.1 Å². The topological polar surface area (TPSA) is 123 Å². The molecule has 4 N–H and O–H groups in total. The van der Waals surface area contributed by atoms with E-state index < -0.39 is 17.7 Å². The van der Waals surface area contributed by atoms with E-state index in [2.05, 4.69) is 31.5 Å². The van der Waals surface area contributed by atoms with Crippen molar-refractivity contribution < 1.29 is 19.1 Å². The molecule has 3 amide bonds. The maximum Gasteiger partial charge on any atom is 0.257 e. The largest absolute Gasteiger partial charge is 0.439 e. The predicted octanol–water partition coefficient (Wildman–Crippen LogP) is 3.49. The van der Waals surface area contributed by atoms with Gasteiger partial charge in [0.1, 0.15) is 5.75 Å². The Morgan fingerprint density at radius 1 is 1.00 bits per heavy atom. The number of nitrogens with zero attached hydrogens (tertiary/aromatic N) is 1. The van der Waals surface area contributed by atoms with Gasteiger partial charge >= 0.3 is 0 Å². The number of nitrogens with one attached hydrogen (secondary N) is 2. The predicted molar refractivity (Wildman–Crippen MR) is 119 cm³/mol.